The Hall–Kier alpha value is -1.68. The highest BCUT2D eigenvalue weighted by Gasteiger charge is 2.15. The lowest BCUT2D eigenvalue weighted by Crippen LogP contribution is -1.97. The molecule has 1 unspecified atom stereocenters. The van der Waals surface area contributed by atoms with Crippen molar-refractivity contribution in [1.29, 1.82) is 0 Å². The Balaban J connectivity index is 1.41. The molecule has 2 aromatic rings. The number of oxazole rings is 1. The van der Waals surface area contributed by atoms with E-state index in [2.05, 4.69) is 29.0 Å². The van der Waals surface area contributed by atoms with Crippen LogP contribution in [0, 0.1) is 0 Å². The zero-order chi connectivity index (χ0) is 19.9. The number of hydrogen-bond donors (Lipinski definition) is 1. The molecule has 0 aliphatic rings. The number of hydrogen-bond acceptors (Lipinski definition) is 4. The summed E-state index contributed by atoms with van der Waals surface area (Å²) in [6, 6.07) is 3.64. The lowest BCUT2D eigenvalue weighted by Gasteiger charge is -2.05. The van der Waals surface area contributed by atoms with Crippen LogP contribution in [-0.4, -0.2) is 15.1 Å². The van der Waals surface area contributed by atoms with Gasteiger partial charge in [0.25, 0.3) is 0 Å². The highest BCUT2D eigenvalue weighted by atomic mass is 16.4. The van der Waals surface area contributed by atoms with Gasteiger partial charge in [-0.05, 0) is 44.2 Å². The number of nitrogens with zero attached hydrogens (tertiary/aromatic N) is 2. The smallest absolute Gasteiger partial charge is 0.225 e. The van der Waals surface area contributed by atoms with Gasteiger partial charge in [0.2, 0.25) is 5.89 Å². The van der Waals surface area contributed by atoms with Crippen LogP contribution in [0.3, 0.4) is 0 Å². The second kappa shape index (κ2) is 14.3. The zero-order valence-corrected chi connectivity index (χ0v) is 17.6. The first kappa shape index (κ1) is 22.6. The zero-order valence-electron chi connectivity index (χ0n) is 17.6. The quantitative estimate of drug-likeness (QED) is 0.243. The van der Waals surface area contributed by atoms with Gasteiger partial charge in [-0.2, -0.15) is 4.98 Å². The number of allylic oxidation sites excluding steroid dienone is 2. The molecule has 1 N–H and O–H groups in total. The van der Waals surface area contributed by atoms with Crippen molar-refractivity contribution in [3.05, 3.63) is 36.4 Å². The Labute approximate surface area is 170 Å². The van der Waals surface area contributed by atoms with Gasteiger partial charge in [0.15, 0.2) is 11.2 Å². The van der Waals surface area contributed by atoms with Crippen molar-refractivity contribution in [2.24, 2.45) is 0 Å². The first-order valence-electron chi connectivity index (χ1n) is 11.4. The van der Waals surface area contributed by atoms with Crippen LogP contribution < -0.4 is 0 Å². The number of unbranched alkanes of at least 4 members (excludes halogenated alkanes) is 11. The van der Waals surface area contributed by atoms with Gasteiger partial charge in [0.1, 0.15) is 6.10 Å². The number of aliphatic hydroxyl groups is 1. The predicted molar refractivity (Wildman–Crippen MR) is 116 cm³/mol. The number of fused-ring (bicyclic) bond motifs is 1. The number of pyridine rings is 1. The van der Waals surface area contributed by atoms with Crippen LogP contribution in [0.4, 0.5) is 0 Å². The van der Waals surface area contributed by atoms with Gasteiger partial charge in [-0.1, -0.05) is 76.9 Å². The summed E-state index contributed by atoms with van der Waals surface area (Å²) in [6.07, 6.45) is 23.1. The van der Waals surface area contributed by atoms with Crippen molar-refractivity contribution in [2.75, 3.05) is 0 Å². The van der Waals surface area contributed by atoms with Crippen molar-refractivity contribution >= 4 is 11.2 Å². The van der Waals surface area contributed by atoms with Crippen LogP contribution in [0.25, 0.3) is 11.2 Å². The molecule has 0 spiro atoms. The van der Waals surface area contributed by atoms with Crippen LogP contribution >= 0.6 is 0 Å². The average molecular weight is 387 g/mol. The summed E-state index contributed by atoms with van der Waals surface area (Å²) in [4.78, 5) is 8.40. The van der Waals surface area contributed by atoms with Gasteiger partial charge in [-0.25, -0.2) is 4.98 Å². The van der Waals surface area contributed by atoms with Crippen LogP contribution in [0.1, 0.15) is 109 Å². The van der Waals surface area contributed by atoms with Gasteiger partial charge >= 0.3 is 0 Å². The van der Waals surface area contributed by atoms with E-state index in [4.69, 9.17) is 4.42 Å². The van der Waals surface area contributed by atoms with E-state index in [1.807, 2.05) is 12.1 Å². The van der Waals surface area contributed by atoms with Crippen LogP contribution in [0.2, 0.25) is 0 Å². The minimum atomic E-state index is -0.626. The molecule has 0 bridgehead atoms. The second-order valence-corrected chi connectivity index (χ2v) is 7.77. The minimum Gasteiger partial charge on any atom is -0.436 e. The number of rotatable bonds is 16. The molecule has 0 aromatic carbocycles. The summed E-state index contributed by atoms with van der Waals surface area (Å²) < 4.78 is 5.57. The molecule has 0 radical (unpaired) electrons. The van der Waals surface area contributed by atoms with Crippen molar-refractivity contribution in [1.82, 2.24) is 9.97 Å². The first-order chi connectivity index (χ1) is 13.8. The molecule has 0 saturated heterocycles. The van der Waals surface area contributed by atoms with Gasteiger partial charge < -0.3 is 9.52 Å². The molecule has 0 aliphatic carbocycles. The van der Waals surface area contributed by atoms with E-state index in [9.17, 15) is 5.11 Å². The molecule has 156 valence electrons. The topological polar surface area (TPSA) is 59.2 Å². The molecule has 0 aliphatic heterocycles. The van der Waals surface area contributed by atoms with Gasteiger partial charge in [0.05, 0.1) is 0 Å². The summed E-state index contributed by atoms with van der Waals surface area (Å²) in [5.74, 6) is 0.393. The molecule has 0 fully saturated rings. The maximum atomic E-state index is 10.2. The third kappa shape index (κ3) is 9.01. The summed E-state index contributed by atoms with van der Waals surface area (Å²) in [6.45, 7) is 2.27. The minimum absolute atomic E-state index is 0.393. The predicted octanol–water partition coefficient (Wildman–Crippen LogP) is 7.29. The fourth-order valence-corrected chi connectivity index (χ4v) is 3.46. The number of aromatic nitrogens is 2. The van der Waals surface area contributed by atoms with Crippen molar-refractivity contribution in [3.63, 3.8) is 0 Å². The summed E-state index contributed by atoms with van der Waals surface area (Å²) in [5.41, 5.74) is 1.21. The van der Waals surface area contributed by atoms with E-state index in [-0.39, 0.29) is 0 Å². The fraction of sp³-hybridized carbons (Fsp3) is 0.667. The monoisotopic (exact) mass is 386 g/mol. The normalized spacial score (nSPS) is 12.9. The molecule has 1 atom stereocenters. The maximum absolute atomic E-state index is 10.2. The SMILES string of the molecule is CCCCCCCCC=CCCCCCCCC(O)c1nc2ncccc2o1. The summed E-state index contributed by atoms with van der Waals surface area (Å²) >= 11 is 0. The largest absolute Gasteiger partial charge is 0.436 e. The molecule has 4 nitrogen and oxygen atoms in total. The van der Waals surface area contributed by atoms with E-state index in [0.29, 0.717) is 23.5 Å². The van der Waals surface area contributed by atoms with Crippen LogP contribution in [0.15, 0.2) is 34.9 Å². The van der Waals surface area contributed by atoms with Crippen molar-refractivity contribution in [2.45, 2.75) is 103 Å². The number of aliphatic hydroxyl groups excluding tert-OH is 1. The lowest BCUT2D eigenvalue weighted by atomic mass is 10.1. The Kier molecular flexibility index (Phi) is 11.6. The van der Waals surface area contributed by atoms with Crippen molar-refractivity contribution in [3.8, 4) is 0 Å². The third-order valence-corrected chi connectivity index (χ3v) is 5.21. The molecule has 2 aromatic heterocycles. The molecular formula is C24H38N2O2. The third-order valence-electron chi connectivity index (χ3n) is 5.21. The van der Waals surface area contributed by atoms with Gasteiger partial charge in [-0.15, -0.1) is 0 Å². The van der Waals surface area contributed by atoms with Crippen molar-refractivity contribution < 1.29 is 9.52 Å². The molecule has 0 saturated carbocycles. The Morgan fingerprint density at radius 2 is 1.57 bits per heavy atom. The van der Waals surface area contributed by atoms with Crippen LogP contribution in [0.5, 0.6) is 0 Å². The maximum Gasteiger partial charge on any atom is 0.225 e. The van der Waals surface area contributed by atoms with Gasteiger partial charge in [-0.3, -0.25) is 0 Å². The first-order valence-corrected chi connectivity index (χ1v) is 11.4. The average Bonchev–Trinajstić information content (AvgIpc) is 3.15. The summed E-state index contributed by atoms with van der Waals surface area (Å²) in [7, 11) is 0. The van der Waals surface area contributed by atoms with E-state index in [0.717, 1.165) is 12.8 Å². The van der Waals surface area contributed by atoms with E-state index in [1.54, 1.807) is 6.20 Å². The van der Waals surface area contributed by atoms with E-state index in [1.165, 1.54) is 70.6 Å². The fourth-order valence-electron chi connectivity index (χ4n) is 3.46. The molecular weight excluding hydrogens is 348 g/mol. The van der Waals surface area contributed by atoms with Crippen LogP contribution in [-0.2, 0) is 0 Å². The Morgan fingerprint density at radius 1 is 0.929 bits per heavy atom. The lowest BCUT2D eigenvalue weighted by molar-refractivity contribution is 0.133. The standard InChI is InChI=1S/C24H38N2O2/c1-2-3-4-5-6-7-8-9-10-11-12-13-14-15-16-18-21(27)24-26-23-22(28-24)19-17-20-25-23/h9-10,17,19-21,27H,2-8,11-16,18H2,1H3. The second-order valence-electron chi connectivity index (χ2n) is 7.77. The molecule has 2 heterocycles. The Morgan fingerprint density at radius 3 is 2.25 bits per heavy atom. The molecule has 2 rings (SSSR count). The van der Waals surface area contributed by atoms with Gasteiger partial charge in [0, 0.05) is 6.20 Å². The molecule has 4 heteroatoms. The van der Waals surface area contributed by atoms with E-state index >= 15 is 0 Å². The molecule has 28 heavy (non-hydrogen) atoms. The highest BCUT2D eigenvalue weighted by Crippen LogP contribution is 2.23. The molecule has 0 amide bonds. The highest BCUT2D eigenvalue weighted by molar-refractivity contribution is 5.66. The Bertz CT molecular complexity index is 632. The van der Waals surface area contributed by atoms with E-state index < -0.39 is 6.10 Å². The summed E-state index contributed by atoms with van der Waals surface area (Å²) in [5, 5.41) is 10.2.